The average Bonchev–Trinajstić information content (AvgIpc) is 2.46. The normalized spacial score (nSPS) is 15.3. The molecule has 0 aliphatic carbocycles. The zero-order valence-electron chi connectivity index (χ0n) is 11.6. The Bertz CT molecular complexity index is 540. The molecule has 1 heterocycles. The number of nitrogens with zero attached hydrogens (tertiary/aromatic N) is 1. The van der Waals surface area contributed by atoms with E-state index in [0.29, 0.717) is 37.4 Å². The summed E-state index contributed by atoms with van der Waals surface area (Å²) in [6.07, 6.45) is 0. The highest BCUT2D eigenvalue weighted by Crippen LogP contribution is 2.11. The summed E-state index contributed by atoms with van der Waals surface area (Å²) < 4.78 is 5.25. The lowest BCUT2D eigenvalue weighted by atomic mass is 10.0. The van der Waals surface area contributed by atoms with Crippen molar-refractivity contribution in [1.82, 2.24) is 10.4 Å². The summed E-state index contributed by atoms with van der Waals surface area (Å²) in [4.78, 5) is 12.3. The van der Waals surface area contributed by atoms with Crippen molar-refractivity contribution in [2.45, 2.75) is 6.92 Å². The van der Waals surface area contributed by atoms with Gasteiger partial charge in [-0.2, -0.15) is 0 Å². The zero-order chi connectivity index (χ0) is 14.4. The van der Waals surface area contributed by atoms with E-state index in [1.54, 1.807) is 6.07 Å². The quantitative estimate of drug-likeness (QED) is 0.760. The molecule has 20 heavy (non-hydrogen) atoms. The second-order valence-corrected chi connectivity index (χ2v) is 4.60. The molecule has 1 fully saturated rings. The van der Waals surface area contributed by atoms with Crippen LogP contribution in [0, 0.1) is 18.8 Å². The Morgan fingerprint density at radius 1 is 1.45 bits per heavy atom. The first-order chi connectivity index (χ1) is 9.70. The van der Waals surface area contributed by atoms with E-state index in [-0.39, 0.29) is 12.5 Å². The summed E-state index contributed by atoms with van der Waals surface area (Å²) in [6, 6.07) is 5.60. The molecule has 0 radical (unpaired) electrons. The first-order valence-electron chi connectivity index (χ1n) is 6.64. The van der Waals surface area contributed by atoms with E-state index in [2.05, 4.69) is 17.3 Å². The highest BCUT2D eigenvalue weighted by Gasteiger charge is 2.16. The van der Waals surface area contributed by atoms with Gasteiger partial charge in [0.2, 0.25) is 0 Å². The van der Waals surface area contributed by atoms with Gasteiger partial charge in [-0.25, -0.2) is 5.01 Å². The highest BCUT2D eigenvalue weighted by molar-refractivity contribution is 5.96. The van der Waals surface area contributed by atoms with Crippen LogP contribution in [0.2, 0.25) is 0 Å². The molecule has 5 heteroatoms. The SMILES string of the molecule is Cc1ccc(C(=O)NN2CCOCC2)c(C#CCN)c1. The fraction of sp³-hybridized carbons (Fsp3) is 0.400. The largest absolute Gasteiger partial charge is 0.379 e. The molecule has 1 aliphatic rings. The number of hydrogen-bond acceptors (Lipinski definition) is 4. The van der Waals surface area contributed by atoms with E-state index < -0.39 is 0 Å². The van der Waals surface area contributed by atoms with Gasteiger partial charge in [0.15, 0.2) is 0 Å². The van der Waals surface area contributed by atoms with E-state index in [1.807, 2.05) is 24.1 Å². The fourth-order valence-corrected chi connectivity index (χ4v) is 1.98. The van der Waals surface area contributed by atoms with Crippen molar-refractivity contribution in [2.75, 3.05) is 32.8 Å². The predicted octanol–water partition coefficient (Wildman–Crippen LogP) is 0.282. The summed E-state index contributed by atoms with van der Waals surface area (Å²) in [7, 11) is 0. The van der Waals surface area contributed by atoms with Gasteiger partial charge in [-0.1, -0.05) is 17.9 Å². The van der Waals surface area contributed by atoms with Gasteiger partial charge >= 0.3 is 0 Å². The monoisotopic (exact) mass is 273 g/mol. The standard InChI is InChI=1S/C15H19N3O2/c1-12-4-5-14(13(11-12)3-2-6-16)15(19)17-18-7-9-20-10-8-18/h4-5,11H,6-10,16H2,1H3,(H,17,19). The topological polar surface area (TPSA) is 67.6 Å². The van der Waals surface area contributed by atoms with Gasteiger partial charge in [-0.3, -0.25) is 10.2 Å². The van der Waals surface area contributed by atoms with Gasteiger partial charge in [0.25, 0.3) is 5.91 Å². The molecule has 5 nitrogen and oxygen atoms in total. The summed E-state index contributed by atoms with van der Waals surface area (Å²) in [5.41, 5.74) is 10.6. The van der Waals surface area contributed by atoms with Gasteiger partial charge in [-0.15, -0.1) is 0 Å². The van der Waals surface area contributed by atoms with Crippen LogP contribution in [0.3, 0.4) is 0 Å². The Morgan fingerprint density at radius 2 is 2.20 bits per heavy atom. The van der Waals surface area contributed by atoms with E-state index in [4.69, 9.17) is 10.5 Å². The Balaban J connectivity index is 2.15. The van der Waals surface area contributed by atoms with Crippen LogP contribution in [0.1, 0.15) is 21.5 Å². The first kappa shape index (κ1) is 14.5. The molecule has 1 aliphatic heterocycles. The van der Waals surface area contributed by atoms with Gasteiger partial charge in [0.05, 0.1) is 25.3 Å². The molecule has 1 saturated heterocycles. The smallest absolute Gasteiger partial charge is 0.266 e. The second kappa shape index (κ2) is 7.06. The average molecular weight is 273 g/mol. The number of amides is 1. The highest BCUT2D eigenvalue weighted by atomic mass is 16.5. The van der Waals surface area contributed by atoms with Crippen LogP contribution in [-0.4, -0.2) is 43.8 Å². The molecule has 106 valence electrons. The third kappa shape index (κ3) is 3.81. The van der Waals surface area contributed by atoms with Crippen molar-refractivity contribution in [3.05, 3.63) is 34.9 Å². The molecule has 1 amide bonds. The summed E-state index contributed by atoms with van der Waals surface area (Å²) in [5, 5.41) is 1.87. The molecule has 1 aromatic rings. The molecule has 0 aromatic heterocycles. The maximum atomic E-state index is 12.3. The number of nitrogens with two attached hydrogens (primary N) is 1. The minimum absolute atomic E-state index is 0.145. The number of aryl methyl sites for hydroxylation is 1. The molecular weight excluding hydrogens is 254 g/mol. The maximum Gasteiger partial charge on any atom is 0.266 e. The van der Waals surface area contributed by atoms with Gasteiger partial charge < -0.3 is 10.5 Å². The van der Waals surface area contributed by atoms with Crippen molar-refractivity contribution in [1.29, 1.82) is 0 Å². The number of rotatable bonds is 2. The Kier molecular flexibility index (Phi) is 5.13. The zero-order valence-corrected chi connectivity index (χ0v) is 11.6. The van der Waals surface area contributed by atoms with Crippen molar-refractivity contribution in [2.24, 2.45) is 5.73 Å². The van der Waals surface area contributed by atoms with Gasteiger partial charge in [0.1, 0.15) is 0 Å². The first-order valence-corrected chi connectivity index (χ1v) is 6.64. The predicted molar refractivity (Wildman–Crippen MR) is 77.0 cm³/mol. The van der Waals surface area contributed by atoms with Gasteiger partial charge in [-0.05, 0) is 24.6 Å². The minimum atomic E-state index is -0.145. The molecule has 1 aromatic carbocycles. The lowest BCUT2D eigenvalue weighted by molar-refractivity contribution is 0.0126. The molecule has 3 N–H and O–H groups in total. The van der Waals surface area contributed by atoms with Crippen LogP contribution in [0.5, 0.6) is 0 Å². The summed E-state index contributed by atoms with van der Waals surface area (Å²) in [5.74, 6) is 5.60. The lowest BCUT2D eigenvalue weighted by Gasteiger charge is -2.27. The van der Waals surface area contributed by atoms with Crippen LogP contribution in [0.25, 0.3) is 0 Å². The Morgan fingerprint density at radius 3 is 2.90 bits per heavy atom. The molecule has 0 unspecified atom stereocenters. The number of carbonyl (C=O) groups is 1. The Hall–Kier alpha value is -1.87. The van der Waals surface area contributed by atoms with Crippen LogP contribution < -0.4 is 11.2 Å². The lowest BCUT2D eigenvalue weighted by Crippen LogP contribution is -2.48. The number of hydrogen-bond donors (Lipinski definition) is 2. The molecule has 0 spiro atoms. The number of hydrazine groups is 1. The van der Waals surface area contributed by atoms with E-state index in [0.717, 1.165) is 5.56 Å². The number of nitrogens with one attached hydrogen (secondary N) is 1. The molecule has 0 atom stereocenters. The van der Waals surface area contributed by atoms with E-state index in [1.165, 1.54) is 0 Å². The third-order valence-electron chi connectivity index (χ3n) is 3.02. The van der Waals surface area contributed by atoms with Crippen LogP contribution in [-0.2, 0) is 4.74 Å². The second-order valence-electron chi connectivity index (χ2n) is 4.60. The third-order valence-corrected chi connectivity index (χ3v) is 3.02. The van der Waals surface area contributed by atoms with Crippen LogP contribution >= 0.6 is 0 Å². The number of benzene rings is 1. The fourth-order valence-electron chi connectivity index (χ4n) is 1.98. The molecule has 2 rings (SSSR count). The summed E-state index contributed by atoms with van der Waals surface area (Å²) in [6.45, 7) is 4.90. The number of ether oxygens (including phenoxy) is 1. The molecule has 0 bridgehead atoms. The molecule has 0 saturated carbocycles. The van der Waals surface area contributed by atoms with Crippen LogP contribution in [0.4, 0.5) is 0 Å². The van der Waals surface area contributed by atoms with Crippen molar-refractivity contribution in [3.8, 4) is 11.8 Å². The van der Waals surface area contributed by atoms with E-state index >= 15 is 0 Å². The Labute approximate surface area is 119 Å². The van der Waals surface area contributed by atoms with Gasteiger partial charge in [0, 0.05) is 18.7 Å². The van der Waals surface area contributed by atoms with Crippen molar-refractivity contribution in [3.63, 3.8) is 0 Å². The molecular formula is C15H19N3O2. The number of carbonyl (C=O) groups excluding carboxylic acids is 1. The van der Waals surface area contributed by atoms with E-state index in [9.17, 15) is 4.79 Å². The summed E-state index contributed by atoms with van der Waals surface area (Å²) >= 11 is 0. The number of morpholine rings is 1. The van der Waals surface area contributed by atoms with Crippen molar-refractivity contribution >= 4 is 5.91 Å². The van der Waals surface area contributed by atoms with Crippen LogP contribution in [0.15, 0.2) is 18.2 Å². The maximum absolute atomic E-state index is 12.3. The minimum Gasteiger partial charge on any atom is -0.379 e. The van der Waals surface area contributed by atoms with Crippen molar-refractivity contribution < 1.29 is 9.53 Å².